The number of hydrogen-bond acceptors (Lipinski definition) is 4. The van der Waals surface area contributed by atoms with Crippen molar-refractivity contribution >= 4 is 34.2 Å². The van der Waals surface area contributed by atoms with Gasteiger partial charge in [0.1, 0.15) is 18.2 Å². The molecule has 0 aliphatic rings. The Morgan fingerprint density at radius 3 is 2.67 bits per heavy atom. The van der Waals surface area contributed by atoms with Crippen LogP contribution in [0.15, 0.2) is 54.9 Å². The molecule has 5 nitrogen and oxygen atoms in total. The molecule has 0 radical (unpaired) electrons. The molecule has 0 saturated carbocycles. The Morgan fingerprint density at radius 1 is 1.12 bits per heavy atom. The molecule has 1 atom stereocenters. The Labute approximate surface area is 145 Å². The molecule has 0 aliphatic heterocycles. The smallest absolute Gasteiger partial charge is 0.242 e. The fraction of sp³-hybridized carbons (Fsp3) is 0.167. The normalized spacial score (nSPS) is 11.9. The quantitative estimate of drug-likeness (QED) is 0.747. The van der Waals surface area contributed by atoms with Crippen LogP contribution in [-0.4, -0.2) is 21.9 Å². The van der Waals surface area contributed by atoms with Gasteiger partial charge in [-0.2, -0.15) is 0 Å². The molecule has 3 aromatic rings. The van der Waals surface area contributed by atoms with Gasteiger partial charge in [0.25, 0.3) is 0 Å². The van der Waals surface area contributed by atoms with E-state index in [2.05, 4.69) is 20.6 Å². The predicted octanol–water partition coefficient (Wildman–Crippen LogP) is 3.40. The Morgan fingerprint density at radius 2 is 1.88 bits per heavy atom. The zero-order valence-corrected chi connectivity index (χ0v) is 13.9. The highest BCUT2D eigenvalue weighted by atomic mass is 35.5. The van der Waals surface area contributed by atoms with Gasteiger partial charge in [-0.1, -0.05) is 35.9 Å². The Balaban J connectivity index is 1.64. The first-order chi connectivity index (χ1) is 11.6. The summed E-state index contributed by atoms with van der Waals surface area (Å²) in [5.74, 6) is 0.544. The third-order valence-electron chi connectivity index (χ3n) is 3.67. The average Bonchev–Trinajstić information content (AvgIpc) is 2.61. The first-order valence-electron chi connectivity index (χ1n) is 7.62. The Kier molecular flexibility index (Phi) is 4.91. The first-order valence-corrected chi connectivity index (χ1v) is 8.00. The molecule has 1 unspecified atom stereocenters. The molecule has 0 spiro atoms. The van der Waals surface area contributed by atoms with E-state index in [4.69, 9.17) is 11.6 Å². The van der Waals surface area contributed by atoms with Crippen molar-refractivity contribution in [3.05, 3.63) is 65.4 Å². The topological polar surface area (TPSA) is 66.9 Å². The van der Waals surface area contributed by atoms with E-state index in [1.807, 2.05) is 36.4 Å². The van der Waals surface area contributed by atoms with E-state index in [-0.39, 0.29) is 5.91 Å². The molecule has 0 bridgehead atoms. The molecule has 1 heterocycles. The highest BCUT2D eigenvalue weighted by molar-refractivity contribution is 6.30. The van der Waals surface area contributed by atoms with E-state index in [0.717, 1.165) is 16.5 Å². The van der Waals surface area contributed by atoms with E-state index >= 15 is 0 Å². The number of fused-ring (bicyclic) bond motifs is 1. The lowest BCUT2D eigenvalue weighted by Gasteiger charge is -2.15. The van der Waals surface area contributed by atoms with Crippen LogP contribution in [0.4, 0.5) is 5.82 Å². The summed E-state index contributed by atoms with van der Waals surface area (Å²) in [5.41, 5.74) is 1.83. The number of nitrogens with zero attached hydrogens (tertiary/aromatic N) is 2. The summed E-state index contributed by atoms with van der Waals surface area (Å²) < 4.78 is 0. The van der Waals surface area contributed by atoms with Crippen LogP contribution < -0.4 is 10.6 Å². The standard InChI is InChI=1S/C18H17ClN4O/c1-12(18(24)20-10-13-6-8-14(19)9-7-13)23-17-15-4-2-3-5-16(15)21-11-22-17/h2-9,11-12H,10H2,1H3,(H,20,24)(H,21,22,23). The molecule has 122 valence electrons. The monoisotopic (exact) mass is 340 g/mol. The van der Waals surface area contributed by atoms with Crippen molar-refractivity contribution in [2.75, 3.05) is 5.32 Å². The van der Waals surface area contributed by atoms with Crippen molar-refractivity contribution in [2.45, 2.75) is 19.5 Å². The lowest BCUT2D eigenvalue weighted by Crippen LogP contribution is -2.37. The molecule has 0 aliphatic carbocycles. The second-order valence-electron chi connectivity index (χ2n) is 5.45. The minimum atomic E-state index is -0.421. The number of hydrogen-bond donors (Lipinski definition) is 2. The molecule has 0 saturated heterocycles. The molecular formula is C18H17ClN4O. The first kappa shape index (κ1) is 16.2. The van der Waals surface area contributed by atoms with Gasteiger partial charge in [0.15, 0.2) is 0 Å². The number of para-hydroxylation sites is 1. The van der Waals surface area contributed by atoms with Crippen LogP contribution in [0, 0.1) is 0 Å². The van der Waals surface area contributed by atoms with Crippen molar-refractivity contribution in [1.29, 1.82) is 0 Å². The summed E-state index contributed by atoms with van der Waals surface area (Å²) in [4.78, 5) is 20.7. The summed E-state index contributed by atoms with van der Waals surface area (Å²) in [6.45, 7) is 2.25. The van der Waals surface area contributed by atoms with Crippen molar-refractivity contribution < 1.29 is 4.79 Å². The van der Waals surface area contributed by atoms with Crippen LogP contribution in [-0.2, 0) is 11.3 Å². The second kappa shape index (κ2) is 7.27. The highest BCUT2D eigenvalue weighted by Gasteiger charge is 2.14. The van der Waals surface area contributed by atoms with Gasteiger partial charge in [-0.05, 0) is 36.8 Å². The molecule has 24 heavy (non-hydrogen) atoms. The van der Waals surface area contributed by atoms with Gasteiger partial charge in [-0.25, -0.2) is 9.97 Å². The number of amides is 1. The summed E-state index contributed by atoms with van der Waals surface area (Å²) in [6, 6.07) is 14.6. The van der Waals surface area contributed by atoms with Crippen LogP contribution in [0.2, 0.25) is 5.02 Å². The number of halogens is 1. The van der Waals surface area contributed by atoms with Crippen LogP contribution in [0.1, 0.15) is 12.5 Å². The minimum absolute atomic E-state index is 0.104. The largest absolute Gasteiger partial charge is 0.358 e. The molecule has 1 amide bonds. The van der Waals surface area contributed by atoms with Gasteiger partial charge in [0.2, 0.25) is 5.91 Å². The number of carbonyl (C=O) groups excluding carboxylic acids is 1. The van der Waals surface area contributed by atoms with Crippen molar-refractivity contribution in [2.24, 2.45) is 0 Å². The molecule has 2 N–H and O–H groups in total. The lowest BCUT2D eigenvalue weighted by atomic mass is 10.2. The Bertz CT molecular complexity index is 846. The van der Waals surface area contributed by atoms with Crippen LogP contribution in [0.3, 0.4) is 0 Å². The lowest BCUT2D eigenvalue weighted by molar-refractivity contribution is -0.121. The number of anilines is 1. The summed E-state index contributed by atoms with van der Waals surface area (Å²) in [5, 5.41) is 7.61. The molecule has 2 aromatic carbocycles. The number of benzene rings is 2. The molecule has 0 fully saturated rings. The zero-order chi connectivity index (χ0) is 16.9. The third kappa shape index (κ3) is 3.81. The summed E-state index contributed by atoms with van der Waals surface area (Å²) in [6.07, 6.45) is 1.49. The van der Waals surface area contributed by atoms with Crippen LogP contribution in [0.25, 0.3) is 10.9 Å². The number of nitrogens with one attached hydrogen (secondary N) is 2. The Hall–Kier alpha value is -2.66. The molecule has 6 heteroatoms. The second-order valence-corrected chi connectivity index (χ2v) is 5.89. The third-order valence-corrected chi connectivity index (χ3v) is 3.92. The number of carbonyl (C=O) groups is 1. The van der Waals surface area contributed by atoms with Gasteiger partial charge >= 0.3 is 0 Å². The molecular weight excluding hydrogens is 324 g/mol. The molecule has 3 rings (SSSR count). The fourth-order valence-electron chi connectivity index (χ4n) is 2.33. The minimum Gasteiger partial charge on any atom is -0.358 e. The van der Waals surface area contributed by atoms with Gasteiger partial charge in [0.05, 0.1) is 5.52 Å². The van der Waals surface area contributed by atoms with Crippen LogP contribution in [0.5, 0.6) is 0 Å². The van der Waals surface area contributed by atoms with E-state index < -0.39 is 6.04 Å². The SMILES string of the molecule is CC(Nc1ncnc2ccccc12)C(=O)NCc1ccc(Cl)cc1. The van der Waals surface area contributed by atoms with E-state index in [0.29, 0.717) is 17.4 Å². The number of aromatic nitrogens is 2. The zero-order valence-electron chi connectivity index (χ0n) is 13.2. The van der Waals surface area contributed by atoms with Gasteiger partial charge in [-0.3, -0.25) is 4.79 Å². The predicted molar refractivity (Wildman–Crippen MR) is 95.9 cm³/mol. The van der Waals surface area contributed by atoms with Crippen molar-refractivity contribution in [3.63, 3.8) is 0 Å². The average molecular weight is 341 g/mol. The van der Waals surface area contributed by atoms with Gasteiger partial charge in [-0.15, -0.1) is 0 Å². The number of rotatable bonds is 5. The van der Waals surface area contributed by atoms with Crippen molar-refractivity contribution in [3.8, 4) is 0 Å². The van der Waals surface area contributed by atoms with Crippen molar-refractivity contribution in [1.82, 2.24) is 15.3 Å². The summed E-state index contributed by atoms with van der Waals surface area (Å²) >= 11 is 5.85. The van der Waals surface area contributed by atoms with Gasteiger partial charge in [0, 0.05) is 17.0 Å². The highest BCUT2D eigenvalue weighted by Crippen LogP contribution is 2.19. The van der Waals surface area contributed by atoms with E-state index in [1.54, 1.807) is 19.1 Å². The molecule has 1 aromatic heterocycles. The van der Waals surface area contributed by atoms with Gasteiger partial charge < -0.3 is 10.6 Å². The summed E-state index contributed by atoms with van der Waals surface area (Å²) in [7, 11) is 0. The fourth-order valence-corrected chi connectivity index (χ4v) is 2.46. The van der Waals surface area contributed by atoms with Crippen LogP contribution >= 0.6 is 11.6 Å². The van der Waals surface area contributed by atoms with E-state index in [1.165, 1.54) is 6.33 Å². The van der Waals surface area contributed by atoms with E-state index in [9.17, 15) is 4.79 Å². The maximum absolute atomic E-state index is 12.3. The maximum atomic E-state index is 12.3. The maximum Gasteiger partial charge on any atom is 0.242 e.